The zero-order valence-electron chi connectivity index (χ0n) is 55.7. The van der Waals surface area contributed by atoms with E-state index in [9.17, 15) is 0 Å². The minimum absolute atomic E-state index is 1.05. The molecule has 0 aliphatic carbocycles. The molecule has 0 fully saturated rings. The zero-order valence-corrected chi connectivity index (χ0v) is 57.7. The Bertz CT molecular complexity index is 5410. The van der Waals surface area contributed by atoms with Crippen molar-refractivity contribution in [2.75, 3.05) is 4.90 Å². The number of benzene rings is 16. The highest BCUT2D eigenvalue weighted by atomic mass is 28.3. The monoisotopic (exact) mass is 1320 g/mol. The molecule has 0 bridgehead atoms. The Hall–Kier alpha value is -12.6. The van der Waals surface area contributed by atoms with Crippen LogP contribution in [0.5, 0.6) is 0 Å². The summed E-state index contributed by atoms with van der Waals surface area (Å²) in [5, 5.41) is 15.4. The van der Waals surface area contributed by atoms with Gasteiger partial charge in [0.1, 0.15) is 0 Å². The summed E-state index contributed by atoms with van der Waals surface area (Å²) in [6.07, 6.45) is 0. The SMILES string of the molecule is c1ccc(-c2ccc(N(c3ccc4c(c3)c3cc([Si](c5ccccc5)(c5ccccc5)c5ccccc5)ccc3n4-c3ccc(-c4ccccc4)cc3)c3ccc4c(c3)c3cc([Si](c5ccccc5)(c5ccccc5)c5ccccc5)ccc3n4-c3ccc(-c4ccccc4)cc3)cc2)cc1. The van der Waals surface area contributed by atoms with E-state index in [-0.39, 0.29) is 0 Å². The molecular weight excluding hydrogens is 1250 g/mol. The van der Waals surface area contributed by atoms with E-state index < -0.39 is 16.1 Å². The van der Waals surface area contributed by atoms with Gasteiger partial charge in [-0.1, -0.05) is 334 Å². The lowest BCUT2D eigenvalue weighted by Gasteiger charge is -2.34. The van der Waals surface area contributed by atoms with E-state index >= 15 is 0 Å². The van der Waals surface area contributed by atoms with Crippen LogP contribution in [0.15, 0.2) is 419 Å². The lowest BCUT2D eigenvalue weighted by atomic mass is 10.0. The van der Waals surface area contributed by atoms with Crippen molar-refractivity contribution in [1.82, 2.24) is 9.13 Å². The summed E-state index contributed by atoms with van der Waals surface area (Å²) in [5.41, 5.74) is 17.0. The Labute approximate surface area is 591 Å². The van der Waals surface area contributed by atoms with Crippen molar-refractivity contribution in [2.45, 2.75) is 0 Å². The van der Waals surface area contributed by atoms with Gasteiger partial charge >= 0.3 is 0 Å². The van der Waals surface area contributed by atoms with Gasteiger partial charge in [-0.2, -0.15) is 0 Å². The maximum Gasteiger partial charge on any atom is 0.179 e. The lowest BCUT2D eigenvalue weighted by Crippen LogP contribution is -2.74. The molecular formula is C96H69N3Si2. The molecule has 0 atom stereocenters. The summed E-state index contributed by atoms with van der Waals surface area (Å²) >= 11 is 0. The van der Waals surface area contributed by atoms with Crippen molar-refractivity contribution in [3.8, 4) is 44.8 Å². The van der Waals surface area contributed by atoms with Crippen LogP contribution in [0, 0.1) is 0 Å². The molecule has 0 saturated heterocycles. The Morgan fingerprint density at radius 1 is 0.168 bits per heavy atom. The van der Waals surface area contributed by atoms with Gasteiger partial charge < -0.3 is 14.0 Å². The molecule has 18 rings (SSSR count). The number of hydrogen-bond acceptors (Lipinski definition) is 1. The average Bonchev–Trinajstić information content (AvgIpc) is 1.70. The Morgan fingerprint density at radius 3 is 0.663 bits per heavy atom. The third-order valence-electron chi connectivity index (χ3n) is 20.8. The van der Waals surface area contributed by atoms with Crippen LogP contribution >= 0.6 is 0 Å². The van der Waals surface area contributed by atoms with Crippen molar-refractivity contribution in [1.29, 1.82) is 0 Å². The Balaban J connectivity index is 0.898. The van der Waals surface area contributed by atoms with Gasteiger partial charge in [0.05, 0.1) is 22.1 Å². The maximum atomic E-state index is 2.56. The van der Waals surface area contributed by atoms with Gasteiger partial charge in [-0.25, -0.2) is 0 Å². The smallest absolute Gasteiger partial charge is 0.179 e. The van der Waals surface area contributed by atoms with Crippen LogP contribution in [0.25, 0.3) is 88.4 Å². The van der Waals surface area contributed by atoms with Crippen LogP contribution in [-0.4, -0.2) is 25.3 Å². The summed E-state index contributed by atoms with van der Waals surface area (Å²) < 4.78 is 4.97. The summed E-state index contributed by atoms with van der Waals surface area (Å²) in [7, 11) is -5.95. The van der Waals surface area contributed by atoms with Crippen molar-refractivity contribution < 1.29 is 0 Å². The number of fused-ring (bicyclic) bond motifs is 6. The molecule has 0 aliphatic rings. The van der Waals surface area contributed by atoms with E-state index in [1.54, 1.807) is 0 Å². The predicted octanol–water partition coefficient (Wildman–Crippen LogP) is 19.1. The Kier molecular flexibility index (Phi) is 15.6. The third-order valence-corrected chi connectivity index (χ3v) is 30.4. The first kappa shape index (κ1) is 60.7. The minimum Gasteiger partial charge on any atom is -0.310 e. The summed E-state index contributed by atoms with van der Waals surface area (Å²) in [6.45, 7) is 0. The second kappa shape index (κ2) is 26.0. The zero-order chi connectivity index (χ0) is 67.1. The second-order valence-corrected chi connectivity index (χ2v) is 33.9. The first-order valence-electron chi connectivity index (χ1n) is 34.9. The lowest BCUT2D eigenvalue weighted by molar-refractivity contribution is 1.18. The van der Waals surface area contributed by atoms with E-state index in [4.69, 9.17) is 0 Å². The molecule has 0 saturated carbocycles. The van der Waals surface area contributed by atoms with E-state index in [0.29, 0.717) is 0 Å². The highest BCUT2D eigenvalue weighted by Crippen LogP contribution is 2.44. The summed E-state index contributed by atoms with van der Waals surface area (Å²) in [6, 6.07) is 157. The fraction of sp³-hybridized carbons (Fsp3) is 0. The normalized spacial score (nSPS) is 11.8. The Morgan fingerprint density at radius 2 is 0.386 bits per heavy atom. The minimum atomic E-state index is -2.98. The number of aromatic nitrogens is 2. The molecule has 5 heteroatoms. The van der Waals surface area contributed by atoms with Crippen LogP contribution in [0.2, 0.25) is 0 Å². The second-order valence-electron chi connectivity index (χ2n) is 26.3. The van der Waals surface area contributed by atoms with Crippen molar-refractivity contribution in [2.24, 2.45) is 0 Å². The van der Waals surface area contributed by atoms with Crippen molar-refractivity contribution in [3.05, 3.63) is 419 Å². The first-order chi connectivity index (χ1) is 50.1. The van der Waals surface area contributed by atoms with Crippen LogP contribution in [0.3, 0.4) is 0 Å². The van der Waals surface area contributed by atoms with Gasteiger partial charge in [-0.3, -0.25) is 0 Å². The van der Waals surface area contributed by atoms with Gasteiger partial charge in [-0.05, 0) is 160 Å². The fourth-order valence-corrected chi connectivity index (χ4v) is 25.7. The molecule has 0 radical (unpaired) electrons. The van der Waals surface area contributed by atoms with Crippen molar-refractivity contribution in [3.63, 3.8) is 0 Å². The van der Waals surface area contributed by atoms with Gasteiger partial charge in [0.25, 0.3) is 0 Å². The quantitative estimate of drug-likeness (QED) is 0.0694. The summed E-state index contributed by atoms with van der Waals surface area (Å²) in [4.78, 5) is 2.49. The highest BCUT2D eigenvalue weighted by Gasteiger charge is 2.43. The average molecular weight is 1320 g/mol. The molecule has 18 aromatic rings. The standard InChI is InChI=1S/C96H69N3Si2/c1-10-28-70(29-11-1)73-46-52-76(53-47-73)97(79-58-62-93-89(66-79)91-68-87(60-64-95(91)98(93)77-54-48-74(49-55-77)71-30-12-2-13-31-71)100(81-34-16-4-17-35-81,82-36-18-5-19-37-82)83-38-20-6-21-39-83)80-59-63-94-90(67-80)92-69-88(61-65-96(92)99(94)78-56-50-75(51-57-78)72-32-14-3-15-33-72)101(84-40-22-7-23-41-84,85-42-24-8-25-43-85)86-44-26-9-27-45-86/h1-69H. The molecule has 3 nitrogen and oxygen atoms in total. The first-order valence-corrected chi connectivity index (χ1v) is 38.9. The van der Waals surface area contributed by atoms with Crippen molar-refractivity contribution >= 4 is 118 Å². The van der Waals surface area contributed by atoms with Crippen LogP contribution in [0.1, 0.15) is 0 Å². The van der Waals surface area contributed by atoms with Crippen LogP contribution in [0.4, 0.5) is 17.1 Å². The molecule has 0 amide bonds. The molecule has 16 aromatic carbocycles. The van der Waals surface area contributed by atoms with E-state index in [0.717, 1.165) is 56.1 Å². The molecule has 0 aliphatic heterocycles. The molecule has 101 heavy (non-hydrogen) atoms. The molecule has 476 valence electrons. The third kappa shape index (κ3) is 10.6. The summed E-state index contributed by atoms with van der Waals surface area (Å²) in [5.74, 6) is 0. The van der Waals surface area contributed by atoms with E-state index in [1.165, 1.54) is 90.9 Å². The maximum absolute atomic E-state index is 2.98. The van der Waals surface area contributed by atoms with Crippen LogP contribution in [-0.2, 0) is 0 Å². The molecule has 2 aromatic heterocycles. The van der Waals surface area contributed by atoms with Crippen LogP contribution < -0.4 is 46.4 Å². The van der Waals surface area contributed by atoms with Gasteiger partial charge in [-0.15, -0.1) is 0 Å². The largest absolute Gasteiger partial charge is 0.310 e. The molecule has 0 spiro atoms. The van der Waals surface area contributed by atoms with E-state index in [2.05, 4.69) is 433 Å². The fourth-order valence-electron chi connectivity index (χ4n) is 16.2. The number of nitrogens with zero attached hydrogens (tertiary/aromatic N) is 3. The molecule has 2 heterocycles. The van der Waals surface area contributed by atoms with Gasteiger partial charge in [0.2, 0.25) is 0 Å². The molecule has 0 N–H and O–H groups in total. The topological polar surface area (TPSA) is 13.1 Å². The van der Waals surface area contributed by atoms with E-state index in [1.807, 2.05) is 0 Å². The molecule has 0 unspecified atom stereocenters. The number of rotatable bonds is 16. The predicted molar refractivity (Wildman–Crippen MR) is 433 cm³/mol. The highest BCUT2D eigenvalue weighted by molar-refractivity contribution is 7.20. The van der Waals surface area contributed by atoms with Gasteiger partial charge in [0.15, 0.2) is 16.1 Å². The number of anilines is 3. The number of hydrogen-bond donors (Lipinski definition) is 0. The van der Waals surface area contributed by atoms with Gasteiger partial charge in [0, 0.05) is 50.0 Å².